The van der Waals surface area contributed by atoms with Crippen LogP contribution in [0.15, 0.2) is 18.2 Å². The molecule has 0 heterocycles. The van der Waals surface area contributed by atoms with Crippen molar-refractivity contribution in [2.75, 3.05) is 6.54 Å². The molecule has 0 saturated heterocycles. The zero-order chi connectivity index (χ0) is 12.4. The van der Waals surface area contributed by atoms with Gasteiger partial charge < -0.3 is 5.32 Å². The molecule has 1 fully saturated rings. The van der Waals surface area contributed by atoms with Gasteiger partial charge >= 0.3 is 0 Å². The van der Waals surface area contributed by atoms with Gasteiger partial charge in [-0.25, -0.2) is 4.39 Å². The Balaban J connectivity index is 2.16. The maximum Gasteiger partial charge on any atom is 0.126 e. The van der Waals surface area contributed by atoms with E-state index < -0.39 is 0 Å². The lowest BCUT2D eigenvalue weighted by Gasteiger charge is -2.19. The molecule has 17 heavy (non-hydrogen) atoms. The predicted molar refractivity (Wildman–Crippen MR) is 69.4 cm³/mol. The summed E-state index contributed by atoms with van der Waals surface area (Å²) in [5, 5.41) is 3.56. The topological polar surface area (TPSA) is 12.0 Å². The van der Waals surface area contributed by atoms with Gasteiger partial charge in [0, 0.05) is 6.04 Å². The summed E-state index contributed by atoms with van der Waals surface area (Å²) in [4.78, 5) is 0. The zero-order valence-electron chi connectivity index (χ0n) is 11.0. The third-order valence-electron chi connectivity index (χ3n) is 3.77. The van der Waals surface area contributed by atoms with Gasteiger partial charge in [-0.05, 0) is 55.3 Å². The summed E-state index contributed by atoms with van der Waals surface area (Å²) in [6.45, 7) is 7.25. The van der Waals surface area contributed by atoms with Crippen molar-refractivity contribution in [3.63, 3.8) is 0 Å². The van der Waals surface area contributed by atoms with Crippen molar-refractivity contribution in [3.8, 4) is 0 Å². The van der Waals surface area contributed by atoms with E-state index in [1.807, 2.05) is 13.0 Å². The molecular formula is C15H22FN. The van der Waals surface area contributed by atoms with Gasteiger partial charge in [0.2, 0.25) is 0 Å². The van der Waals surface area contributed by atoms with Crippen LogP contribution >= 0.6 is 0 Å². The second kappa shape index (κ2) is 5.18. The van der Waals surface area contributed by atoms with Crippen LogP contribution in [0.1, 0.15) is 43.9 Å². The number of halogens is 1. The molecule has 0 radical (unpaired) electrons. The Morgan fingerprint density at radius 1 is 1.47 bits per heavy atom. The molecule has 3 unspecified atom stereocenters. The lowest BCUT2D eigenvalue weighted by Crippen LogP contribution is -2.24. The quantitative estimate of drug-likeness (QED) is 0.818. The molecule has 3 atom stereocenters. The number of hydrogen-bond acceptors (Lipinski definition) is 1. The number of benzene rings is 1. The van der Waals surface area contributed by atoms with Crippen LogP contribution in [0.2, 0.25) is 0 Å². The molecule has 0 bridgehead atoms. The first kappa shape index (κ1) is 12.6. The van der Waals surface area contributed by atoms with Crippen LogP contribution in [-0.2, 0) is 0 Å². The third kappa shape index (κ3) is 2.86. The molecule has 1 aromatic rings. The van der Waals surface area contributed by atoms with Gasteiger partial charge in [-0.3, -0.25) is 0 Å². The summed E-state index contributed by atoms with van der Waals surface area (Å²) in [5.41, 5.74) is 1.84. The first-order valence-electron chi connectivity index (χ1n) is 6.63. The van der Waals surface area contributed by atoms with E-state index in [-0.39, 0.29) is 5.82 Å². The minimum absolute atomic E-state index is 0.0842. The van der Waals surface area contributed by atoms with E-state index in [4.69, 9.17) is 0 Å². The largest absolute Gasteiger partial charge is 0.310 e. The lowest BCUT2D eigenvalue weighted by atomic mass is 9.99. The summed E-state index contributed by atoms with van der Waals surface area (Å²) >= 11 is 0. The highest BCUT2D eigenvalue weighted by molar-refractivity contribution is 5.27. The summed E-state index contributed by atoms with van der Waals surface area (Å²) in [6, 6.07) is 5.99. The van der Waals surface area contributed by atoms with Crippen LogP contribution < -0.4 is 5.32 Å². The van der Waals surface area contributed by atoms with Gasteiger partial charge in [0.25, 0.3) is 0 Å². The van der Waals surface area contributed by atoms with Gasteiger partial charge in [-0.15, -0.1) is 0 Å². The van der Waals surface area contributed by atoms with Crippen molar-refractivity contribution in [2.24, 2.45) is 11.8 Å². The van der Waals surface area contributed by atoms with Gasteiger partial charge in [0.15, 0.2) is 0 Å². The smallest absolute Gasteiger partial charge is 0.126 e. The Morgan fingerprint density at radius 2 is 2.18 bits per heavy atom. The van der Waals surface area contributed by atoms with Crippen molar-refractivity contribution in [2.45, 2.75) is 39.7 Å². The van der Waals surface area contributed by atoms with Crippen LogP contribution in [-0.4, -0.2) is 6.54 Å². The molecule has 2 rings (SSSR count). The second-order valence-corrected chi connectivity index (χ2v) is 5.32. The van der Waals surface area contributed by atoms with E-state index >= 15 is 0 Å². The van der Waals surface area contributed by atoms with Crippen LogP contribution in [0.25, 0.3) is 0 Å². The Labute approximate surface area is 103 Å². The highest BCUT2D eigenvalue weighted by Crippen LogP contribution is 2.47. The highest BCUT2D eigenvalue weighted by atomic mass is 19.1. The van der Waals surface area contributed by atoms with Crippen LogP contribution in [0.5, 0.6) is 0 Å². The molecular weight excluding hydrogens is 213 g/mol. The average molecular weight is 235 g/mol. The molecule has 1 aliphatic rings. The lowest BCUT2D eigenvalue weighted by molar-refractivity contribution is 0.460. The summed E-state index contributed by atoms with van der Waals surface area (Å²) < 4.78 is 13.6. The van der Waals surface area contributed by atoms with Gasteiger partial charge in [-0.1, -0.05) is 26.0 Å². The molecule has 2 heteroatoms. The van der Waals surface area contributed by atoms with Gasteiger partial charge in [0.1, 0.15) is 5.82 Å². The second-order valence-electron chi connectivity index (χ2n) is 5.32. The standard InChI is InChI=1S/C15H22FN/c1-4-7-17-15(13-8-11(13)3)12-6-5-10(2)14(16)9-12/h5-6,9,11,13,15,17H,4,7-8H2,1-3H3. The van der Waals surface area contributed by atoms with Crippen molar-refractivity contribution >= 4 is 0 Å². The molecule has 1 saturated carbocycles. The van der Waals surface area contributed by atoms with Gasteiger partial charge in [-0.2, -0.15) is 0 Å². The van der Waals surface area contributed by atoms with E-state index in [1.54, 1.807) is 6.07 Å². The fourth-order valence-electron chi connectivity index (χ4n) is 2.43. The predicted octanol–water partition coefficient (Wildman–Crippen LogP) is 3.83. The Hall–Kier alpha value is -0.890. The molecule has 1 nitrogen and oxygen atoms in total. The molecule has 0 aromatic heterocycles. The molecule has 0 amide bonds. The third-order valence-corrected chi connectivity index (χ3v) is 3.77. The summed E-state index contributed by atoms with van der Waals surface area (Å²) in [5.74, 6) is 1.37. The fourth-order valence-corrected chi connectivity index (χ4v) is 2.43. The highest BCUT2D eigenvalue weighted by Gasteiger charge is 2.39. The van der Waals surface area contributed by atoms with Gasteiger partial charge in [0.05, 0.1) is 0 Å². The maximum atomic E-state index is 13.6. The van der Waals surface area contributed by atoms with E-state index in [9.17, 15) is 4.39 Å². The Bertz CT molecular complexity index is 389. The fraction of sp³-hybridized carbons (Fsp3) is 0.600. The molecule has 1 N–H and O–H groups in total. The van der Waals surface area contributed by atoms with E-state index in [0.29, 0.717) is 12.0 Å². The average Bonchev–Trinajstić information content (AvgIpc) is 3.01. The molecule has 0 spiro atoms. The maximum absolute atomic E-state index is 13.6. The van der Waals surface area contributed by atoms with E-state index in [2.05, 4.69) is 25.2 Å². The Kier molecular flexibility index (Phi) is 3.82. The van der Waals surface area contributed by atoms with Crippen LogP contribution in [0.4, 0.5) is 4.39 Å². The minimum Gasteiger partial charge on any atom is -0.310 e. The normalized spacial score (nSPS) is 24.7. The van der Waals surface area contributed by atoms with E-state index in [1.165, 1.54) is 6.42 Å². The SMILES string of the molecule is CCCNC(c1ccc(C)c(F)c1)C1CC1C. The van der Waals surface area contributed by atoms with Crippen molar-refractivity contribution in [1.29, 1.82) is 0 Å². The first-order valence-corrected chi connectivity index (χ1v) is 6.63. The first-order chi connectivity index (χ1) is 8.13. The minimum atomic E-state index is -0.0842. The number of rotatable bonds is 5. The van der Waals surface area contributed by atoms with Crippen LogP contribution in [0.3, 0.4) is 0 Å². The molecule has 0 aliphatic heterocycles. The zero-order valence-corrected chi connectivity index (χ0v) is 11.0. The Morgan fingerprint density at radius 3 is 2.71 bits per heavy atom. The number of nitrogens with one attached hydrogen (secondary N) is 1. The summed E-state index contributed by atoms with van der Waals surface area (Å²) in [7, 11) is 0. The van der Waals surface area contributed by atoms with Crippen LogP contribution in [0, 0.1) is 24.6 Å². The van der Waals surface area contributed by atoms with E-state index in [0.717, 1.165) is 30.0 Å². The monoisotopic (exact) mass is 235 g/mol. The molecule has 94 valence electrons. The molecule has 1 aliphatic carbocycles. The number of aryl methyl sites for hydroxylation is 1. The summed E-state index contributed by atoms with van der Waals surface area (Å²) in [6.07, 6.45) is 2.38. The van der Waals surface area contributed by atoms with Crippen molar-refractivity contribution in [1.82, 2.24) is 5.32 Å². The van der Waals surface area contributed by atoms with Crippen molar-refractivity contribution in [3.05, 3.63) is 35.1 Å². The van der Waals surface area contributed by atoms with Crippen molar-refractivity contribution < 1.29 is 4.39 Å². The number of hydrogen-bond donors (Lipinski definition) is 1. The molecule has 1 aromatic carbocycles.